The van der Waals surface area contributed by atoms with Crippen molar-refractivity contribution < 1.29 is 4.74 Å². The van der Waals surface area contributed by atoms with Gasteiger partial charge in [-0.2, -0.15) is 0 Å². The van der Waals surface area contributed by atoms with Crippen LogP contribution in [0.2, 0.25) is 0 Å². The molecule has 0 saturated carbocycles. The Morgan fingerprint density at radius 2 is 1.86 bits per heavy atom. The molecule has 0 aromatic heterocycles. The van der Waals surface area contributed by atoms with E-state index in [1.807, 2.05) is 32.0 Å². The molecule has 0 atom stereocenters. The fraction of sp³-hybridized carbons (Fsp3) is 0.500. The SMILES string of the molecule is CC.c1ccc(COC2CNC2)cc1. The molecule has 2 heteroatoms. The second kappa shape index (κ2) is 6.57. The van der Waals surface area contributed by atoms with Gasteiger partial charge < -0.3 is 10.1 Å². The summed E-state index contributed by atoms with van der Waals surface area (Å²) in [5.74, 6) is 0. The molecule has 0 spiro atoms. The molecule has 1 fully saturated rings. The van der Waals surface area contributed by atoms with Crippen molar-refractivity contribution in [2.45, 2.75) is 26.6 Å². The Kier molecular flexibility index (Phi) is 5.27. The van der Waals surface area contributed by atoms with Crippen LogP contribution >= 0.6 is 0 Å². The van der Waals surface area contributed by atoms with E-state index in [9.17, 15) is 0 Å². The van der Waals surface area contributed by atoms with Gasteiger partial charge >= 0.3 is 0 Å². The Labute approximate surface area is 86.3 Å². The summed E-state index contributed by atoms with van der Waals surface area (Å²) < 4.78 is 5.60. The number of hydrogen-bond donors (Lipinski definition) is 1. The maximum Gasteiger partial charge on any atom is 0.0828 e. The van der Waals surface area contributed by atoms with E-state index in [-0.39, 0.29) is 0 Å². The van der Waals surface area contributed by atoms with Crippen LogP contribution in [-0.2, 0) is 11.3 Å². The van der Waals surface area contributed by atoms with E-state index in [1.165, 1.54) is 5.56 Å². The highest BCUT2D eigenvalue weighted by Crippen LogP contribution is 2.05. The van der Waals surface area contributed by atoms with Gasteiger partial charge in [0.25, 0.3) is 0 Å². The summed E-state index contributed by atoms with van der Waals surface area (Å²) in [6.07, 6.45) is 0.435. The van der Waals surface area contributed by atoms with Crippen LogP contribution in [0.1, 0.15) is 19.4 Å². The average molecular weight is 193 g/mol. The summed E-state index contributed by atoms with van der Waals surface area (Å²) in [5, 5.41) is 3.17. The third-order valence-corrected chi connectivity index (χ3v) is 2.07. The van der Waals surface area contributed by atoms with Crippen molar-refractivity contribution in [1.29, 1.82) is 0 Å². The maximum absolute atomic E-state index is 5.60. The molecule has 0 unspecified atom stereocenters. The largest absolute Gasteiger partial charge is 0.371 e. The topological polar surface area (TPSA) is 21.3 Å². The summed E-state index contributed by atoms with van der Waals surface area (Å²) in [6.45, 7) is 6.76. The lowest BCUT2D eigenvalue weighted by atomic mass is 10.2. The van der Waals surface area contributed by atoms with Gasteiger partial charge in [-0.15, -0.1) is 0 Å². The molecule has 1 aliphatic heterocycles. The first-order valence-corrected chi connectivity index (χ1v) is 5.31. The molecule has 1 aromatic rings. The number of nitrogens with one attached hydrogen (secondary N) is 1. The van der Waals surface area contributed by atoms with E-state index in [0.717, 1.165) is 19.7 Å². The summed E-state index contributed by atoms with van der Waals surface area (Å²) >= 11 is 0. The fourth-order valence-electron chi connectivity index (χ4n) is 1.17. The van der Waals surface area contributed by atoms with Gasteiger partial charge in [-0.3, -0.25) is 0 Å². The smallest absolute Gasteiger partial charge is 0.0828 e. The summed E-state index contributed by atoms with van der Waals surface area (Å²) in [5.41, 5.74) is 1.25. The number of rotatable bonds is 3. The molecule has 1 N–H and O–H groups in total. The molecule has 1 heterocycles. The molecule has 14 heavy (non-hydrogen) atoms. The molecule has 0 amide bonds. The van der Waals surface area contributed by atoms with E-state index in [4.69, 9.17) is 4.74 Å². The molecule has 0 bridgehead atoms. The Hall–Kier alpha value is -0.860. The molecule has 1 saturated heterocycles. The van der Waals surface area contributed by atoms with E-state index in [2.05, 4.69) is 17.4 Å². The lowest BCUT2D eigenvalue weighted by molar-refractivity contribution is 0.00758. The quantitative estimate of drug-likeness (QED) is 0.794. The zero-order valence-electron chi connectivity index (χ0n) is 8.99. The highest BCUT2D eigenvalue weighted by molar-refractivity contribution is 5.13. The minimum Gasteiger partial charge on any atom is -0.371 e. The zero-order valence-corrected chi connectivity index (χ0v) is 8.99. The van der Waals surface area contributed by atoms with Crippen molar-refractivity contribution >= 4 is 0 Å². The molecule has 0 radical (unpaired) electrons. The molecular weight excluding hydrogens is 174 g/mol. The standard InChI is InChI=1S/C10H13NO.C2H6/c1-2-4-9(5-3-1)8-12-10-6-11-7-10;1-2/h1-5,10-11H,6-8H2;1-2H3. The lowest BCUT2D eigenvalue weighted by Crippen LogP contribution is -2.48. The highest BCUT2D eigenvalue weighted by atomic mass is 16.5. The van der Waals surface area contributed by atoms with Crippen molar-refractivity contribution in [3.05, 3.63) is 35.9 Å². The van der Waals surface area contributed by atoms with Gasteiger partial charge in [0.05, 0.1) is 12.7 Å². The van der Waals surface area contributed by atoms with Gasteiger partial charge in [-0.1, -0.05) is 44.2 Å². The predicted molar refractivity (Wildman–Crippen MR) is 59.2 cm³/mol. The Bertz CT molecular complexity index is 231. The third-order valence-electron chi connectivity index (χ3n) is 2.07. The number of ether oxygens (including phenoxy) is 1. The van der Waals surface area contributed by atoms with Crippen LogP contribution in [0.25, 0.3) is 0 Å². The van der Waals surface area contributed by atoms with Gasteiger partial charge in [0.2, 0.25) is 0 Å². The van der Waals surface area contributed by atoms with Crippen LogP contribution in [0.15, 0.2) is 30.3 Å². The van der Waals surface area contributed by atoms with E-state index < -0.39 is 0 Å². The maximum atomic E-state index is 5.60. The van der Waals surface area contributed by atoms with Crippen LogP contribution in [-0.4, -0.2) is 19.2 Å². The molecular formula is C12H19NO. The average Bonchev–Trinajstić information content (AvgIpc) is 2.20. The van der Waals surface area contributed by atoms with Gasteiger partial charge in [0, 0.05) is 13.1 Å². The van der Waals surface area contributed by atoms with Crippen LogP contribution in [0.3, 0.4) is 0 Å². The van der Waals surface area contributed by atoms with Crippen molar-refractivity contribution in [2.75, 3.05) is 13.1 Å². The first-order chi connectivity index (χ1) is 6.95. The first kappa shape index (κ1) is 11.2. The molecule has 0 aliphatic carbocycles. The van der Waals surface area contributed by atoms with Crippen LogP contribution in [0.5, 0.6) is 0 Å². The molecule has 1 aliphatic rings. The molecule has 1 aromatic carbocycles. The van der Waals surface area contributed by atoms with Crippen LogP contribution < -0.4 is 5.32 Å². The second-order valence-corrected chi connectivity index (χ2v) is 3.08. The Balaban J connectivity index is 0.000000461. The predicted octanol–water partition coefficient (Wildman–Crippen LogP) is 2.20. The second-order valence-electron chi connectivity index (χ2n) is 3.08. The minimum atomic E-state index is 0.435. The van der Waals surface area contributed by atoms with E-state index >= 15 is 0 Å². The van der Waals surface area contributed by atoms with Crippen molar-refractivity contribution in [3.63, 3.8) is 0 Å². The Morgan fingerprint density at radius 3 is 2.36 bits per heavy atom. The van der Waals surface area contributed by atoms with Gasteiger partial charge in [-0.05, 0) is 5.56 Å². The van der Waals surface area contributed by atoms with Crippen molar-refractivity contribution in [1.82, 2.24) is 5.32 Å². The van der Waals surface area contributed by atoms with E-state index in [1.54, 1.807) is 0 Å². The van der Waals surface area contributed by atoms with Crippen LogP contribution in [0.4, 0.5) is 0 Å². The van der Waals surface area contributed by atoms with Gasteiger partial charge in [-0.25, -0.2) is 0 Å². The van der Waals surface area contributed by atoms with Gasteiger partial charge in [0.1, 0.15) is 0 Å². The monoisotopic (exact) mass is 193 g/mol. The highest BCUT2D eigenvalue weighted by Gasteiger charge is 2.16. The summed E-state index contributed by atoms with van der Waals surface area (Å²) in [7, 11) is 0. The molecule has 2 rings (SSSR count). The number of benzene rings is 1. The summed E-state index contributed by atoms with van der Waals surface area (Å²) in [6, 6.07) is 10.3. The van der Waals surface area contributed by atoms with Gasteiger partial charge in [0.15, 0.2) is 0 Å². The van der Waals surface area contributed by atoms with Crippen molar-refractivity contribution in [3.8, 4) is 0 Å². The molecule has 78 valence electrons. The molecule has 2 nitrogen and oxygen atoms in total. The third kappa shape index (κ3) is 3.48. The van der Waals surface area contributed by atoms with Crippen molar-refractivity contribution in [2.24, 2.45) is 0 Å². The summed E-state index contributed by atoms with van der Waals surface area (Å²) in [4.78, 5) is 0. The zero-order chi connectivity index (χ0) is 10.2. The van der Waals surface area contributed by atoms with Crippen LogP contribution in [0, 0.1) is 0 Å². The minimum absolute atomic E-state index is 0.435. The lowest BCUT2D eigenvalue weighted by Gasteiger charge is -2.27. The normalized spacial score (nSPS) is 15.3. The fourth-order valence-corrected chi connectivity index (χ4v) is 1.17. The van der Waals surface area contributed by atoms with E-state index in [0.29, 0.717) is 6.10 Å². The first-order valence-electron chi connectivity index (χ1n) is 5.31. The Morgan fingerprint density at radius 1 is 1.21 bits per heavy atom. The number of hydrogen-bond acceptors (Lipinski definition) is 2.